The molecule has 0 amide bonds. The number of fused-ring (bicyclic) bond motifs is 1. The van der Waals surface area contributed by atoms with Crippen LogP contribution < -0.4 is 10.6 Å². The Morgan fingerprint density at radius 3 is 2.86 bits per heavy atom. The molecule has 3 nitrogen and oxygen atoms in total. The van der Waals surface area contributed by atoms with Crippen LogP contribution in [0.4, 0.5) is 11.5 Å². The molecule has 0 aliphatic rings. The van der Waals surface area contributed by atoms with E-state index in [0.717, 1.165) is 18.8 Å². The van der Waals surface area contributed by atoms with Crippen molar-refractivity contribution in [1.82, 2.24) is 4.98 Å². The molecule has 0 bridgehead atoms. The maximum Gasteiger partial charge on any atom is 0.141 e. The third-order valence-corrected chi connectivity index (χ3v) is 4.49. The Bertz CT molecular complexity index is 735. The maximum absolute atomic E-state index is 5.72. The predicted molar refractivity (Wildman–Crippen MR) is 91.5 cm³/mol. The molecule has 1 aromatic carbocycles. The van der Waals surface area contributed by atoms with E-state index in [1.807, 2.05) is 6.20 Å². The molecule has 0 radical (unpaired) electrons. The van der Waals surface area contributed by atoms with Gasteiger partial charge in [0.2, 0.25) is 0 Å². The van der Waals surface area contributed by atoms with Gasteiger partial charge in [0, 0.05) is 28.5 Å². The number of hydrogen-bond donors (Lipinski definition) is 1. The van der Waals surface area contributed by atoms with Gasteiger partial charge >= 0.3 is 0 Å². The topological polar surface area (TPSA) is 42.1 Å². The van der Waals surface area contributed by atoms with Crippen molar-refractivity contribution < 1.29 is 0 Å². The minimum atomic E-state index is 0.683. The number of rotatable bonds is 5. The number of benzene rings is 1. The smallest absolute Gasteiger partial charge is 0.141 e. The van der Waals surface area contributed by atoms with Crippen LogP contribution in [0, 0.1) is 6.92 Å². The first-order valence-electron chi connectivity index (χ1n) is 7.16. The average Bonchev–Trinajstić information content (AvgIpc) is 2.98. The Labute approximate surface area is 129 Å². The van der Waals surface area contributed by atoms with Crippen LogP contribution in [-0.2, 0) is 0 Å². The molecular weight excluding hydrogens is 278 g/mol. The molecule has 108 valence electrons. The van der Waals surface area contributed by atoms with Gasteiger partial charge in [-0.1, -0.05) is 18.2 Å². The van der Waals surface area contributed by atoms with Crippen molar-refractivity contribution in [1.29, 1.82) is 0 Å². The Morgan fingerprint density at radius 1 is 1.19 bits per heavy atom. The number of aryl methyl sites for hydroxylation is 1. The second kappa shape index (κ2) is 6.24. The SMILES string of the molecule is Cc1ccccc1N(CCCN)c1nccc2sccc12. The molecule has 0 fully saturated rings. The zero-order valence-corrected chi connectivity index (χ0v) is 12.9. The number of para-hydroxylation sites is 1. The summed E-state index contributed by atoms with van der Waals surface area (Å²) >= 11 is 1.75. The fourth-order valence-corrected chi connectivity index (χ4v) is 3.33. The molecule has 0 unspecified atom stereocenters. The standard InChI is InChI=1S/C17H19N3S/c1-13-5-2-3-6-15(13)20(11-4-9-18)17-14-8-12-21-16(14)7-10-19-17/h2-3,5-8,10,12H,4,9,11,18H2,1H3. The van der Waals surface area contributed by atoms with Crippen LogP contribution in [0.15, 0.2) is 48.0 Å². The van der Waals surface area contributed by atoms with Crippen molar-refractivity contribution in [3.05, 3.63) is 53.5 Å². The van der Waals surface area contributed by atoms with Crippen LogP contribution in [0.25, 0.3) is 10.1 Å². The van der Waals surface area contributed by atoms with Gasteiger partial charge in [-0.25, -0.2) is 4.98 Å². The summed E-state index contributed by atoms with van der Waals surface area (Å²) in [4.78, 5) is 6.93. The summed E-state index contributed by atoms with van der Waals surface area (Å²) in [6, 6.07) is 12.7. The Hall–Kier alpha value is -1.91. The molecule has 0 saturated carbocycles. The van der Waals surface area contributed by atoms with Crippen LogP contribution >= 0.6 is 11.3 Å². The highest BCUT2D eigenvalue weighted by Crippen LogP contribution is 2.34. The van der Waals surface area contributed by atoms with Gasteiger partial charge in [0.05, 0.1) is 0 Å². The molecule has 4 heteroatoms. The number of anilines is 2. The van der Waals surface area contributed by atoms with E-state index in [1.54, 1.807) is 11.3 Å². The van der Waals surface area contributed by atoms with E-state index < -0.39 is 0 Å². The summed E-state index contributed by atoms with van der Waals surface area (Å²) in [5, 5.41) is 3.33. The molecule has 2 N–H and O–H groups in total. The largest absolute Gasteiger partial charge is 0.330 e. The Balaban J connectivity index is 2.11. The fourth-order valence-electron chi connectivity index (χ4n) is 2.55. The lowest BCUT2D eigenvalue weighted by molar-refractivity contribution is 0.811. The fraction of sp³-hybridized carbons (Fsp3) is 0.235. The second-order valence-electron chi connectivity index (χ2n) is 5.05. The number of thiophene rings is 1. The zero-order valence-electron chi connectivity index (χ0n) is 12.1. The van der Waals surface area contributed by atoms with Gasteiger partial charge in [-0.15, -0.1) is 11.3 Å². The van der Waals surface area contributed by atoms with Crippen molar-refractivity contribution in [3.8, 4) is 0 Å². The molecule has 2 heterocycles. The molecule has 0 aliphatic heterocycles. The van der Waals surface area contributed by atoms with Crippen molar-refractivity contribution in [3.63, 3.8) is 0 Å². The monoisotopic (exact) mass is 297 g/mol. The first kappa shape index (κ1) is 14.0. The van der Waals surface area contributed by atoms with Crippen LogP contribution in [0.1, 0.15) is 12.0 Å². The lowest BCUT2D eigenvalue weighted by Gasteiger charge is -2.26. The average molecular weight is 297 g/mol. The zero-order chi connectivity index (χ0) is 14.7. The number of pyridine rings is 1. The summed E-state index contributed by atoms with van der Waals surface area (Å²) in [5.74, 6) is 1.02. The summed E-state index contributed by atoms with van der Waals surface area (Å²) in [6.07, 6.45) is 2.83. The van der Waals surface area contributed by atoms with E-state index in [9.17, 15) is 0 Å². The Morgan fingerprint density at radius 2 is 2.05 bits per heavy atom. The van der Waals surface area contributed by atoms with Crippen molar-refractivity contribution in [2.45, 2.75) is 13.3 Å². The van der Waals surface area contributed by atoms with Gasteiger partial charge in [0.25, 0.3) is 0 Å². The van der Waals surface area contributed by atoms with Gasteiger partial charge in [-0.2, -0.15) is 0 Å². The van der Waals surface area contributed by atoms with Gasteiger partial charge < -0.3 is 10.6 Å². The van der Waals surface area contributed by atoms with Crippen LogP contribution in [0.5, 0.6) is 0 Å². The lowest BCUT2D eigenvalue weighted by Crippen LogP contribution is -2.22. The van der Waals surface area contributed by atoms with Crippen LogP contribution in [0.3, 0.4) is 0 Å². The van der Waals surface area contributed by atoms with Crippen molar-refractivity contribution >= 4 is 32.9 Å². The summed E-state index contributed by atoms with van der Waals surface area (Å²) in [6.45, 7) is 3.70. The molecule has 2 aromatic heterocycles. The minimum absolute atomic E-state index is 0.683. The van der Waals surface area contributed by atoms with E-state index >= 15 is 0 Å². The van der Waals surface area contributed by atoms with Crippen LogP contribution in [0.2, 0.25) is 0 Å². The van der Waals surface area contributed by atoms with Crippen molar-refractivity contribution in [2.24, 2.45) is 5.73 Å². The highest BCUT2D eigenvalue weighted by atomic mass is 32.1. The van der Waals surface area contributed by atoms with E-state index in [4.69, 9.17) is 5.73 Å². The van der Waals surface area contributed by atoms with Gasteiger partial charge in [-0.05, 0) is 49.0 Å². The highest BCUT2D eigenvalue weighted by molar-refractivity contribution is 7.17. The van der Waals surface area contributed by atoms with E-state index in [2.05, 4.69) is 58.6 Å². The number of nitrogens with two attached hydrogens (primary N) is 1. The van der Waals surface area contributed by atoms with E-state index in [0.29, 0.717) is 6.54 Å². The number of hydrogen-bond acceptors (Lipinski definition) is 4. The van der Waals surface area contributed by atoms with E-state index in [1.165, 1.54) is 21.3 Å². The lowest BCUT2D eigenvalue weighted by atomic mass is 10.1. The number of nitrogens with zero attached hydrogens (tertiary/aromatic N) is 2. The van der Waals surface area contributed by atoms with Crippen LogP contribution in [-0.4, -0.2) is 18.1 Å². The second-order valence-corrected chi connectivity index (χ2v) is 6.00. The first-order chi connectivity index (χ1) is 10.3. The van der Waals surface area contributed by atoms with Gasteiger partial charge in [0.15, 0.2) is 0 Å². The molecular formula is C17H19N3S. The minimum Gasteiger partial charge on any atom is -0.330 e. The maximum atomic E-state index is 5.72. The molecule has 0 saturated heterocycles. The summed E-state index contributed by atoms with van der Waals surface area (Å²) < 4.78 is 1.27. The molecule has 0 spiro atoms. The molecule has 0 aliphatic carbocycles. The third-order valence-electron chi connectivity index (χ3n) is 3.61. The van der Waals surface area contributed by atoms with Gasteiger partial charge in [0.1, 0.15) is 5.82 Å². The molecule has 0 atom stereocenters. The summed E-state index contributed by atoms with van der Waals surface area (Å²) in [5.41, 5.74) is 8.18. The molecule has 3 aromatic rings. The predicted octanol–water partition coefficient (Wildman–Crippen LogP) is 4.09. The number of aromatic nitrogens is 1. The third kappa shape index (κ3) is 2.77. The van der Waals surface area contributed by atoms with Gasteiger partial charge in [-0.3, -0.25) is 0 Å². The summed E-state index contributed by atoms with van der Waals surface area (Å²) in [7, 11) is 0. The van der Waals surface area contributed by atoms with E-state index in [-0.39, 0.29) is 0 Å². The molecule has 21 heavy (non-hydrogen) atoms. The Kier molecular flexibility index (Phi) is 4.18. The normalized spacial score (nSPS) is 11.0. The highest BCUT2D eigenvalue weighted by Gasteiger charge is 2.15. The van der Waals surface area contributed by atoms with Crippen molar-refractivity contribution in [2.75, 3.05) is 18.0 Å². The molecule has 3 rings (SSSR count). The quantitative estimate of drug-likeness (QED) is 0.771. The first-order valence-corrected chi connectivity index (χ1v) is 8.04.